The van der Waals surface area contributed by atoms with Crippen LogP contribution < -0.4 is 0 Å². The molecule has 0 bridgehead atoms. The molecule has 0 saturated heterocycles. The van der Waals surface area contributed by atoms with Crippen LogP contribution in [-0.2, 0) is 13.5 Å². The van der Waals surface area contributed by atoms with Gasteiger partial charge in [0.15, 0.2) is 5.82 Å². The Labute approximate surface area is 63.0 Å². The summed E-state index contributed by atoms with van der Waals surface area (Å²) in [5.74, 6) is 0.518. The average Bonchev–Trinajstić information content (AvgIpc) is 2.31. The molecule has 0 aliphatic carbocycles. The zero-order chi connectivity index (χ0) is 8.27. The standard InChI is InChI=1S/C5H8N4O2/c1-8-4-6-5(7-8)2-3-9(10)11/h4H,2-3H2,1H3. The summed E-state index contributed by atoms with van der Waals surface area (Å²) in [6.07, 6.45) is 1.82. The molecule has 0 atom stereocenters. The molecule has 0 unspecified atom stereocenters. The smallest absolute Gasteiger partial charge is 0.211 e. The molecular weight excluding hydrogens is 148 g/mol. The van der Waals surface area contributed by atoms with Gasteiger partial charge in [-0.3, -0.25) is 14.8 Å². The first kappa shape index (κ1) is 7.64. The van der Waals surface area contributed by atoms with Crippen molar-refractivity contribution in [1.29, 1.82) is 0 Å². The zero-order valence-corrected chi connectivity index (χ0v) is 6.10. The summed E-state index contributed by atoms with van der Waals surface area (Å²) in [5.41, 5.74) is 0. The minimum atomic E-state index is -0.379. The molecule has 6 nitrogen and oxygen atoms in total. The van der Waals surface area contributed by atoms with Crippen LogP contribution in [0.15, 0.2) is 6.33 Å². The van der Waals surface area contributed by atoms with E-state index in [1.807, 2.05) is 0 Å². The van der Waals surface area contributed by atoms with Crippen molar-refractivity contribution in [2.45, 2.75) is 6.42 Å². The van der Waals surface area contributed by atoms with Crippen molar-refractivity contribution in [2.24, 2.45) is 7.05 Å². The summed E-state index contributed by atoms with van der Waals surface area (Å²) in [6, 6.07) is 0. The van der Waals surface area contributed by atoms with Crippen LogP contribution in [0.1, 0.15) is 5.82 Å². The van der Waals surface area contributed by atoms with E-state index in [4.69, 9.17) is 0 Å². The van der Waals surface area contributed by atoms with Gasteiger partial charge < -0.3 is 0 Å². The SMILES string of the molecule is Cn1cnc(CC[N+](=O)[O-])n1. The number of rotatable bonds is 3. The van der Waals surface area contributed by atoms with E-state index >= 15 is 0 Å². The fraction of sp³-hybridized carbons (Fsp3) is 0.600. The van der Waals surface area contributed by atoms with Gasteiger partial charge in [0.05, 0.1) is 6.42 Å². The second-order valence-corrected chi connectivity index (χ2v) is 2.14. The van der Waals surface area contributed by atoms with Gasteiger partial charge in [0.25, 0.3) is 0 Å². The molecule has 0 radical (unpaired) electrons. The highest BCUT2D eigenvalue weighted by Gasteiger charge is 2.02. The van der Waals surface area contributed by atoms with E-state index in [2.05, 4.69) is 10.1 Å². The molecule has 0 aliphatic rings. The zero-order valence-electron chi connectivity index (χ0n) is 6.10. The third-order valence-electron chi connectivity index (χ3n) is 1.17. The van der Waals surface area contributed by atoms with Crippen LogP contribution in [-0.4, -0.2) is 26.2 Å². The molecule has 0 amide bonds. The Balaban J connectivity index is 2.45. The molecule has 1 aromatic rings. The molecule has 0 aromatic carbocycles. The Hall–Kier alpha value is -1.46. The Morgan fingerprint density at radius 2 is 2.55 bits per heavy atom. The number of aryl methyl sites for hydroxylation is 1. The largest absolute Gasteiger partial charge is 0.265 e. The molecule has 0 aliphatic heterocycles. The molecule has 0 N–H and O–H groups in total. The average molecular weight is 156 g/mol. The minimum Gasteiger partial charge on any atom is -0.265 e. The molecule has 1 heterocycles. The molecule has 1 rings (SSSR count). The van der Waals surface area contributed by atoms with Gasteiger partial charge in [-0.1, -0.05) is 0 Å². The fourth-order valence-electron chi connectivity index (χ4n) is 0.690. The lowest BCUT2D eigenvalue weighted by atomic mass is 10.4. The normalized spacial score (nSPS) is 9.91. The summed E-state index contributed by atoms with van der Waals surface area (Å²) < 4.78 is 1.52. The molecule has 0 saturated carbocycles. The molecule has 6 heteroatoms. The van der Waals surface area contributed by atoms with Crippen LogP contribution in [0.2, 0.25) is 0 Å². The van der Waals surface area contributed by atoms with Gasteiger partial charge in [-0.15, -0.1) is 0 Å². The highest BCUT2D eigenvalue weighted by molar-refractivity contribution is 4.80. The summed E-state index contributed by atoms with van der Waals surface area (Å²) in [5, 5.41) is 13.8. The van der Waals surface area contributed by atoms with E-state index in [1.54, 1.807) is 7.05 Å². The lowest BCUT2D eigenvalue weighted by Crippen LogP contribution is -2.05. The van der Waals surface area contributed by atoms with Crippen LogP contribution in [0.5, 0.6) is 0 Å². The highest BCUT2D eigenvalue weighted by atomic mass is 16.6. The topological polar surface area (TPSA) is 73.8 Å². The third kappa shape index (κ3) is 2.32. The number of nitro groups is 1. The van der Waals surface area contributed by atoms with E-state index in [0.717, 1.165) is 0 Å². The van der Waals surface area contributed by atoms with Gasteiger partial charge in [0.2, 0.25) is 6.54 Å². The van der Waals surface area contributed by atoms with Crippen LogP contribution in [0.3, 0.4) is 0 Å². The van der Waals surface area contributed by atoms with Crippen LogP contribution in [0.4, 0.5) is 0 Å². The second kappa shape index (κ2) is 3.09. The third-order valence-corrected chi connectivity index (χ3v) is 1.17. The van der Waals surface area contributed by atoms with Crippen LogP contribution >= 0.6 is 0 Å². The summed E-state index contributed by atoms with van der Waals surface area (Å²) >= 11 is 0. The summed E-state index contributed by atoms with van der Waals surface area (Å²) in [7, 11) is 1.72. The first-order valence-corrected chi connectivity index (χ1v) is 3.15. The minimum absolute atomic E-state index is 0.107. The summed E-state index contributed by atoms with van der Waals surface area (Å²) in [6.45, 7) is -0.107. The number of nitrogens with zero attached hydrogens (tertiary/aromatic N) is 4. The lowest BCUT2D eigenvalue weighted by molar-refractivity contribution is -0.479. The van der Waals surface area contributed by atoms with Gasteiger partial charge in [0.1, 0.15) is 6.33 Å². The maximum Gasteiger partial charge on any atom is 0.211 e. The molecule has 0 spiro atoms. The van der Waals surface area contributed by atoms with Gasteiger partial charge in [-0.2, -0.15) is 5.10 Å². The summed E-state index contributed by atoms with van der Waals surface area (Å²) in [4.78, 5) is 13.4. The number of hydrogen-bond acceptors (Lipinski definition) is 4. The quantitative estimate of drug-likeness (QED) is 0.442. The van der Waals surface area contributed by atoms with E-state index in [9.17, 15) is 10.1 Å². The van der Waals surface area contributed by atoms with Crippen molar-refractivity contribution < 1.29 is 4.92 Å². The van der Waals surface area contributed by atoms with Crippen molar-refractivity contribution in [3.63, 3.8) is 0 Å². The Morgan fingerprint density at radius 3 is 3.00 bits per heavy atom. The van der Waals surface area contributed by atoms with Gasteiger partial charge in [-0.05, 0) is 0 Å². The molecule has 1 aromatic heterocycles. The van der Waals surface area contributed by atoms with Gasteiger partial charge in [0, 0.05) is 12.0 Å². The van der Waals surface area contributed by atoms with E-state index < -0.39 is 0 Å². The van der Waals surface area contributed by atoms with Crippen LogP contribution in [0, 0.1) is 10.1 Å². The highest BCUT2D eigenvalue weighted by Crippen LogP contribution is 1.89. The fourth-order valence-corrected chi connectivity index (χ4v) is 0.690. The molecule has 0 fully saturated rings. The van der Waals surface area contributed by atoms with Gasteiger partial charge >= 0.3 is 0 Å². The molecule has 11 heavy (non-hydrogen) atoms. The number of aromatic nitrogens is 3. The molecular formula is C5H8N4O2. The predicted molar refractivity (Wildman–Crippen MR) is 36.6 cm³/mol. The molecule has 60 valence electrons. The van der Waals surface area contributed by atoms with E-state index in [0.29, 0.717) is 12.2 Å². The second-order valence-electron chi connectivity index (χ2n) is 2.14. The Bertz CT molecular complexity index is 257. The maximum atomic E-state index is 9.92. The lowest BCUT2D eigenvalue weighted by Gasteiger charge is -1.87. The van der Waals surface area contributed by atoms with E-state index in [1.165, 1.54) is 11.0 Å². The number of hydrogen-bond donors (Lipinski definition) is 0. The van der Waals surface area contributed by atoms with Gasteiger partial charge in [-0.25, -0.2) is 4.98 Å². The Kier molecular flexibility index (Phi) is 2.15. The Morgan fingerprint density at radius 1 is 1.82 bits per heavy atom. The first-order chi connectivity index (χ1) is 5.18. The van der Waals surface area contributed by atoms with Crippen molar-refractivity contribution in [3.8, 4) is 0 Å². The van der Waals surface area contributed by atoms with Crippen LogP contribution in [0.25, 0.3) is 0 Å². The van der Waals surface area contributed by atoms with Crippen molar-refractivity contribution in [3.05, 3.63) is 22.3 Å². The monoisotopic (exact) mass is 156 g/mol. The first-order valence-electron chi connectivity index (χ1n) is 3.15. The van der Waals surface area contributed by atoms with Crippen molar-refractivity contribution in [2.75, 3.05) is 6.54 Å². The van der Waals surface area contributed by atoms with Crippen molar-refractivity contribution >= 4 is 0 Å². The van der Waals surface area contributed by atoms with Crippen molar-refractivity contribution in [1.82, 2.24) is 14.8 Å². The van der Waals surface area contributed by atoms with E-state index in [-0.39, 0.29) is 11.5 Å². The maximum absolute atomic E-state index is 9.92. The predicted octanol–water partition coefficient (Wildman–Crippen LogP) is -0.366.